The van der Waals surface area contributed by atoms with Crippen LogP contribution in [-0.2, 0) is 24.3 Å². The highest BCUT2D eigenvalue weighted by Crippen LogP contribution is 2.23. The van der Waals surface area contributed by atoms with E-state index in [1.165, 1.54) is 12.1 Å². The first-order chi connectivity index (χ1) is 14.4. The van der Waals surface area contributed by atoms with Crippen LogP contribution >= 0.6 is 0 Å². The van der Waals surface area contributed by atoms with E-state index >= 15 is 0 Å². The molecule has 0 bridgehead atoms. The zero-order valence-electron chi connectivity index (χ0n) is 16.8. The molecule has 30 heavy (non-hydrogen) atoms. The van der Waals surface area contributed by atoms with Crippen molar-refractivity contribution in [1.29, 1.82) is 0 Å². The van der Waals surface area contributed by atoms with Crippen LogP contribution < -0.4 is 10.0 Å². The van der Waals surface area contributed by atoms with Crippen molar-refractivity contribution in [1.82, 2.24) is 10.0 Å². The fraction of sp³-hybridized carbons (Fsp3) is 0.650. The lowest BCUT2D eigenvalue weighted by Crippen LogP contribution is -2.52. The monoisotopic (exact) mass is 444 g/mol. The van der Waals surface area contributed by atoms with Gasteiger partial charge in [-0.3, -0.25) is 4.79 Å². The lowest BCUT2D eigenvalue weighted by molar-refractivity contribution is -0.134. The van der Waals surface area contributed by atoms with Crippen LogP contribution in [0.1, 0.15) is 32.1 Å². The van der Waals surface area contributed by atoms with Gasteiger partial charge in [-0.25, -0.2) is 17.5 Å². The molecule has 0 spiro atoms. The molecule has 1 aromatic carbocycles. The number of rotatable bonds is 8. The topological polar surface area (TPSA) is 114 Å². The van der Waals surface area contributed by atoms with Gasteiger partial charge in [0.2, 0.25) is 15.9 Å². The van der Waals surface area contributed by atoms with E-state index in [-0.39, 0.29) is 42.0 Å². The Balaban J connectivity index is 1.45. The zero-order valence-corrected chi connectivity index (χ0v) is 17.6. The Morgan fingerprint density at radius 3 is 2.50 bits per heavy atom. The summed E-state index contributed by atoms with van der Waals surface area (Å²) in [7, 11) is -3.72. The van der Waals surface area contributed by atoms with Crippen molar-refractivity contribution in [3.8, 4) is 0 Å². The van der Waals surface area contributed by atoms with E-state index in [1.807, 2.05) is 0 Å². The van der Waals surface area contributed by atoms with Crippen LogP contribution in [0.15, 0.2) is 29.2 Å². The van der Waals surface area contributed by atoms with Crippen molar-refractivity contribution in [2.24, 2.45) is 5.92 Å². The number of aliphatic hydroxyl groups is 1. The Labute approximate surface area is 176 Å². The number of carbonyl (C=O) groups excluding carboxylic acids is 1. The van der Waals surface area contributed by atoms with Gasteiger partial charge in [0.25, 0.3) is 0 Å². The van der Waals surface area contributed by atoms with Crippen LogP contribution in [0.4, 0.5) is 4.39 Å². The first-order valence-electron chi connectivity index (χ1n) is 10.3. The highest BCUT2D eigenvalue weighted by Gasteiger charge is 2.33. The van der Waals surface area contributed by atoms with Crippen LogP contribution in [0.2, 0.25) is 0 Å². The Hall–Kier alpha value is -1.59. The number of benzene rings is 1. The van der Waals surface area contributed by atoms with Gasteiger partial charge >= 0.3 is 0 Å². The summed E-state index contributed by atoms with van der Waals surface area (Å²) in [5, 5.41) is 12.7. The lowest BCUT2D eigenvalue weighted by atomic mass is 9.94. The molecular formula is C20H29FN2O6S. The van der Waals surface area contributed by atoms with Crippen LogP contribution in [0.25, 0.3) is 0 Å². The van der Waals surface area contributed by atoms with Gasteiger partial charge in [0.15, 0.2) is 0 Å². The molecule has 1 aromatic rings. The summed E-state index contributed by atoms with van der Waals surface area (Å²) in [6.45, 7) is 1.09. The average Bonchev–Trinajstić information content (AvgIpc) is 2.75. The molecule has 0 aromatic heterocycles. The van der Waals surface area contributed by atoms with Gasteiger partial charge in [0.1, 0.15) is 11.9 Å². The highest BCUT2D eigenvalue weighted by atomic mass is 32.2. The highest BCUT2D eigenvalue weighted by molar-refractivity contribution is 7.89. The van der Waals surface area contributed by atoms with Gasteiger partial charge in [-0.05, 0) is 56.4 Å². The normalized spacial score (nSPS) is 25.7. The second kappa shape index (κ2) is 10.6. The SMILES string of the molecule is O=C(N[C@H]1CC[C@@H](CCNS(=O)(=O)c2ccc(F)cc2)O[C@@H]1CO)C1CCOCC1. The summed E-state index contributed by atoms with van der Waals surface area (Å²) < 4.78 is 51.2. The summed E-state index contributed by atoms with van der Waals surface area (Å²) in [6, 6.07) is 4.35. The van der Waals surface area contributed by atoms with E-state index in [0.29, 0.717) is 45.3 Å². The molecule has 0 aliphatic carbocycles. The third-order valence-electron chi connectivity index (χ3n) is 5.60. The molecule has 2 aliphatic rings. The van der Waals surface area contributed by atoms with Crippen molar-refractivity contribution in [3.63, 3.8) is 0 Å². The molecule has 2 heterocycles. The minimum Gasteiger partial charge on any atom is -0.394 e. The first-order valence-corrected chi connectivity index (χ1v) is 11.8. The van der Waals surface area contributed by atoms with Crippen LogP contribution in [-0.4, -0.2) is 64.0 Å². The molecule has 168 valence electrons. The molecule has 0 saturated carbocycles. The molecule has 0 unspecified atom stereocenters. The van der Waals surface area contributed by atoms with Crippen molar-refractivity contribution in [2.45, 2.75) is 55.2 Å². The van der Waals surface area contributed by atoms with E-state index in [9.17, 15) is 22.7 Å². The summed E-state index contributed by atoms with van der Waals surface area (Å²) >= 11 is 0. The maximum Gasteiger partial charge on any atom is 0.240 e. The standard InChI is InChI=1S/C20H29FN2O6S/c21-15-1-4-17(5-2-15)30(26,27)22-10-7-16-3-6-18(19(13-24)29-16)23-20(25)14-8-11-28-12-9-14/h1-2,4-5,14,16,18-19,22,24H,3,6-13H2,(H,23,25)/t16-,18-,19+/m0/s1. The number of sulfonamides is 1. The van der Waals surface area contributed by atoms with E-state index in [0.717, 1.165) is 12.1 Å². The number of aliphatic hydroxyl groups excluding tert-OH is 1. The maximum absolute atomic E-state index is 13.0. The largest absolute Gasteiger partial charge is 0.394 e. The van der Waals surface area contributed by atoms with Gasteiger partial charge in [-0.2, -0.15) is 0 Å². The van der Waals surface area contributed by atoms with Crippen molar-refractivity contribution in [3.05, 3.63) is 30.1 Å². The molecule has 3 N–H and O–H groups in total. The molecule has 8 nitrogen and oxygen atoms in total. The number of halogens is 1. The fourth-order valence-corrected chi connectivity index (χ4v) is 4.87. The minimum absolute atomic E-state index is 0.00223. The van der Waals surface area contributed by atoms with Crippen LogP contribution in [0, 0.1) is 11.7 Å². The van der Waals surface area contributed by atoms with Crippen molar-refractivity contribution >= 4 is 15.9 Å². The molecular weight excluding hydrogens is 415 g/mol. The van der Waals surface area contributed by atoms with Crippen molar-refractivity contribution < 1.29 is 32.2 Å². The number of carbonyl (C=O) groups is 1. The second-order valence-electron chi connectivity index (χ2n) is 7.70. The van der Waals surface area contributed by atoms with E-state index in [4.69, 9.17) is 9.47 Å². The van der Waals surface area contributed by atoms with Crippen LogP contribution in [0.5, 0.6) is 0 Å². The van der Waals surface area contributed by atoms with Gasteiger partial charge in [0, 0.05) is 25.7 Å². The Kier molecular flexibility index (Phi) is 8.18. The van der Waals surface area contributed by atoms with E-state index < -0.39 is 21.9 Å². The quantitative estimate of drug-likeness (QED) is 0.550. The van der Waals surface area contributed by atoms with Gasteiger partial charge in [-0.15, -0.1) is 0 Å². The molecule has 3 atom stereocenters. The Morgan fingerprint density at radius 1 is 1.13 bits per heavy atom. The molecule has 0 radical (unpaired) electrons. The number of hydrogen-bond acceptors (Lipinski definition) is 6. The fourth-order valence-electron chi connectivity index (χ4n) is 3.82. The second-order valence-corrected chi connectivity index (χ2v) is 9.47. The Morgan fingerprint density at radius 2 is 1.83 bits per heavy atom. The molecule has 2 saturated heterocycles. The summed E-state index contributed by atoms with van der Waals surface area (Å²) in [5.41, 5.74) is 0. The summed E-state index contributed by atoms with van der Waals surface area (Å²) in [5.74, 6) is -0.606. The minimum atomic E-state index is -3.72. The lowest BCUT2D eigenvalue weighted by Gasteiger charge is -2.37. The number of ether oxygens (including phenoxy) is 2. The molecule has 1 amide bonds. The molecule has 2 aliphatic heterocycles. The molecule has 3 rings (SSSR count). The zero-order chi connectivity index (χ0) is 21.6. The van der Waals surface area contributed by atoms with Gasteiger partial charge < -0.3 is 19.9 Å². The predicted octanol–water partition coefficient (Wildman–Crippen LogP) is 0.945. The number of nitrogens with one attached hydrogen (secondary N) is 2. The average molecular weight is 445 g/mol. The maximum atomic E-state index is 13.0. The molecule has 10 heteroatoms. The van der Waals surface area contributed by atoms with Gasteiger partial charge in [-0.1, -0.05) is 0 Å². The van der Waals surface area contributed by atoms with Crippen LogP contribution in [0.3, 0.4) is 0 Å². The Bertz CT molecular complexity index is 798. The predicted molar refractivity (Wildman–Crippen MR) is 107 cm³/mol. The van der Waals surface area contributed by atoms with E-state index in [1.54, 1.807) is 0 Å². The smallest absolute Gasteiger partial charge is 0.240 e. The number of amides is 1. The van der Waals surface area contributed by atoms with Crippen molar-refractivity contribution in [2.75, 3.05) is 26.4 Å². The molecule has 2 fully saturated rings. The summed E-state index contributed by atoms with van der Waals surface area (Å²) in [6.07, 6.45) is 2.36. The number of hydrogen-bond donors (Lipinski definition) is 3. The third kappa shape index (κ3) is 6.21. The summed E-state index contributed by atoms with van der Waals surface area (Å²) in [4.78, 5) is 12.4. The van der Waals surface area contributed by atoms with E-state index in [2.05, 4.69) is 10.0 Å². The first kappa shape index (κ1) is 23.1. The van der Waals surface area contributed by atoms with Gasteiger partial charge in [0.05, 0.1) is 23.6 Å². The third-order valence-corrected chi connectivity index (χ3v) is 7.07.